The van der Waals surface area contributed by atoms with E-state index >= 15 is 0 Å². The molecule has 0 aliphatic heterocycles. The number of rotatable bonds is 7. The van der Waals surface area contributed by atoms with Crippen molar-refractivity contribution in [1.29, 1.82) is 5.41 Å². The van der Waals surface area contributed by atoms with E-state index in [2.05, 4.69) is 0 Å². The maximum absolute atomic E-state index is 10.4. The standard InChI is InChI=1S/C19H23N3O3/c1-3-21-15-8-4-5-9-16(15)22(19(21)20)12-14(23)13-25-18-11-7-6-10-17(18)24-2/h4-11,14,20,23H,3,12-13H2,1-2H3. The Bertz CT molecular complexity index is 914. The normalized spacial score (nSPS) is 12.3. The van der Waals surface area contributed by atoms with E-state index in [1.165, 1.54) is 0 Å². The summed E-state index contributed by atoms with van der Waals surface area (Å²) in [6.07, 6.45) is -0.741. The van der Waals surface area contributed by atoms with Crippen LogP contribution in [0.5, 0.6) is 11.5 Å². The summed E-state index contributed by atoms with van der Waals surface area (Å²) in [5, 5.41) is 18.8. The molecule has 1 heterocycles. The maximum Gasteiger partial charge on any atom is 0.203 e. The first kappa shape index (κ1) is 17.1. The Labute approximate surface area is 146 Å². The summed E-state index contributed by atoms with van der Waals surface area (Å²) in [6, 6.07) is 15.2. The molecule has 1 aromatic heterocycles. The number of methoxy groups -OCH3 is 1. The fourth-order valence-corrected chi connectivity index (χ4v) is 2.99. The van der Waals surface area contributed by atoms with Crippen molar-refractivity contribution in [2.24, 2.45) is 0 Å². The predicted octanol–water partition coefficient (Wildman–Crippen LogP) is 2.39. The summed E-state index contributed by atoms with van der Waals surface area (Å²) in [7, 11) is 1.58. The number of nitrogens with zero attached hydrogens (tertiary/aromatic N) is 2. The van der Waals surface area contributed by atoms with Crippen LogP contribution in [0.2, 0.25) is 0 Å². The van der Waals surface area contributed by atoms with Crippen LogP contribution in [0.15, 0.2) is 48.5 Å². The van der Waals surface area contributed by atoms with Gasteiger partial charge in [-0.3, -0.25) is 5.41 Å². The number of hydrogen-bond donors (Lipinski definition) is 2. The van der Waals surface area contributed by atoms with E-state index in [4.69, 9.17) is 14.9 Å². The third kappa shape index (κ3) is 3.39. The highest BCUT2D eigenvalue weighted by Crippen LogP contribution is 2.25. The lowest BCUT2D eigenvalue weighted by Crippen LogP contribution is -2.31. The number of hydrogen-bond acceptors (Lipinski definition) is 4. The molecule has 3 rings (SSSR count). The van der Waals surface area contributed by atoms with Gasteiger partial charge >= 0.3 is 0 Å². The van der Waals surface area contributed by atoms with Crippen molar-refractivity contribution < 1.29 is 14.6 Å². The topological polar surface area (TPSA) is 72.4 Å². The van der Waals surface area contributed by atoms with Crippen LogP contribution in [0.1, 0.15) is 6.92 Å². The molecule has 0 bridgehead atoms. The van der Waals surface area contributed by atoms with Gasteiger partial charge in [-0.15, -0.1) is 0 Å². The zero-order chi connectivity index (χ0) is 17.8. The minimum Gasteiger partial charge on any atom is -0.493 e. The number of nitrogens with one attached hydrogen (secondary N) is 1. The van der Waals surface area contributed by atoms with Gasteiger partial charge in [-0.25, -0.2) is 0 Å². The van der Waals surface area contributed by atoms with E-state index in [9.17, 15) is 5.11 Å². The number of imidazole rings is 1. The number of aromatic nitrogens is 2. The van der Waals surface area contributed by atoms with Crippen LogP contribution < -0.4 is 15.1 Å². The number of aryl methyl sites for hydroxylation is 1. The molecule has 25 heavy (non-hydrogen) atoms. The first-order valence-electron chi connectivity index (χ1n) is 8.32. The largest absolute Gasteiger partial charge is 0.493 e. The Morgan fingerprint density at radius 1 is 1.00 bits per heavy atom. The van der Waals surface area contributed by atoms with Gasteiger partial charge in [0.15, 0.2) is 11.5 Å². The van der Waals surface area contributed by atoms with Gasteiger partial charge < -0.3 is 23.7 Å². The molecule has 0 spiro atoms. The third-order valence-electron chi connectivity index (χ3n) is 4.18. The van der Waals surface area contributed by atoms with Crippen molar-refractivity contribution in [1.82, 2.24) is 9.13 Å². The molecule has 2 N–H and O–H groups in total. The van der Waals surface area contributed by atoms with Crippen molar-refractivity contribution >= 4 is 11.0 Å². The van der Waals surface area contributed by atoms with Crippen molar-refractivity contribution in [2.75, 3.05) is 13.7 Å². The average Bonchev–Trinajstić information content (AvgIpc) is 2.91. The number of para-hydroxylation sites is 4. The van der Waals surface area contributed by atoms with E-state index in [1.54, 1.807) is 13.2 Å². The number of aliphatic hydroxyl groups excluding tert-OH is 1. The maximum atomic E-state index is 10.4. The van der Waals surface area contributed by atoms with Gasteiger partial charge in [0.25, 0.3) is 0 Å². The Kier molecular flexibility index (Phi) is 5.09. The van der Waals surface area contributed by atoms with Gasteiger partial charge in [0.05, 0.1) is 24.7 Å². The van der Waals surface area contributed by atoms with E-state index in [1.807, 2.05) is 58.5 Å². The zero-order valence-corrected chi connectivity index (χ0v) is 14.5. The molecule has 0 fully saturated rings. The first-order valence-corrected chi connectivity index (χ1v) is 8.32. The molecule has 2 aromatic carbocycles. The molecular weight excluding hydrogens is 318 g/mol. The van der Waals surface area contributed by atoms with Gasteiger partial charge in [-0.1, -0.05) is 24.3 Å². The molecule has 1 unspecified atom stereocenters. The van der Waals surface area contributed by atoms with Gasteiger partial charge in [0.2, 0.25) is 5.62 Å². The highest BCUT2D eigenvalue weighted by Gasteiger charge is 2.14. The number of benzene rings is 2. The molecule has 0 saturated heterocycles. The second-order valence-electron chi connectivity index (χ2n) is 5.78. The molecule has 0 saturated carbocycles. The lowest BCUT2D eigenvalue weighted by atomic mass is 10.3. The first-order chi connectivity index (χ1) is 12.2. The monoisotopic (exact) mass is 341 g/mol. The number of fused-ring (bicyclic) bond motifs is 1. The predicted molar refractivity (Wildman–Crippen MR) is 96.0 cm³/mol. The molecule has 6 nitrogen and oxygen atoms in total. The average molecular weight is 341 g/mol. The quantitative estimate of drug-likeness (QED) is 0.693. The third-order valence-corrected chi connectivity index (χ3v) is 4.18. The van der Waals surface area contributed by atoms with Crippen molar-refractivity contribution in [2.45, 2.75) is 26.1 Å². The Balaban J connectivity index is 1.77. The van der Waals surface area contributed by atoms with Crippen LogP contribution in [0.4, 0.5) is 0 Å². The van der Waals surface area contributed by atoms with E-state index in [-0.39, 0.29) is 6.61 Å². The zero-order valence-electron chi connectivity index (χ0n) is 14.5. The summed E-state index contributed by atoms with van der Waals surface area (Å²) in [5.41, 5.74) is 2.30. The van der Waals surface area contributed by atoms with Crippen LogP contribution in [-0.2, 0) is 13.1 Å². The smallest absolute Gasteiger partial charge is 0.203 e. The highest BCUT2D eigenvalue weighted by atomic mass is 16.5. The van der Waals surface area contributed by atoms with E-state index < -0.39 is 6.10 Å². The molecule has 0 radical (unpaired) electrons. The number of aliphatic hydroxyl groups is 1. The summed E-state index contributed by atoms with van der Waals surface area (Å²) in [4.78, 5) is 0. The summed E-state index contributed by atoms with van der Waals surface area (Å²) in [6.45, 7) is 3.14. The van der Waals surface area contributed by atoms with Crippen LogP contribution in [-0.4, -0.2) is 34.1 Å². The minimum absolute atomic E-state index is 0.123. The Hall–Kier alpha value is -2.73. The summed E-state index contributed by atoms with van der Waals surface area (Å²) >= 11 is 0. The molecule has 0 amide bonds. The Morgan fingerprint density at radius 3 is 2.24 bits per heavy atom. The van der Waals surface area contributed by atoms with Crippen molar-refractivity contribution in [3.8, 4) is 11.5 Å². The molecule has 0 aliphatic carbocycles. The molecule has 1 atom stereocenters. The van der Waals surface area contributed by atoms with Crippen molar-refractivity contribution in [3.63, 3.8) is 0 Å². The lowest BCUT2D eigenvalue weighted by Gasteiger charge is -2.15. The van der Waals surface area contributed by atoms with Gasteiger partial charge in [-0.05, 0) is 31.2 Å². The van der Waals surface area contributed by atoms with Crippen LogP contribution >= 0.6 is 0 Å². The highest BCUT2D eigenvalue weighted by molar-refractivity contribution is 5.75. The Morgan fingerprint density at radius 2 is 1.60 bits per heavy atom. The molecule has 132 valence electrons. The van der Waals surface area contributed by atoms with Gasteiger partial charge in [0, 0.05) is 6.54 Å². The van der Waals surface area contributed by atoms with Gasteiger partial charge in [0.1, 0.15) is 12.7 Å². The second kappa shape index (κ2) is 7.44. The summed E-state index contributed by atoms with van der Waals surface area (Å²) < 4.78 is 14.7. The molecule has 6 heteroatoms. The van der Waals surface area contributed by atoms with Crippen molar-refractivity contribution in [3.05, 3.63) is 54.1 Å². The van der Waals surface area contributed by atoms with Crippen LogP contribution in [0.25, 0.3) is 11.0 Å². The minimum atomic E-state index is -0.741. The van der Waals surface area contributed by atoms with E-state index in [0.29, 0.717) is 30.2 Å². The molecule has 0 aliphatic rings. The SMILES string of the molecule is CCn1c(=N)n(CC(O)COc2ccccc2OC)c2ccccc21. The molecular formula is C19H23N3O3. The van der Waals surface area contributed by atoms with Gasteiger partial charge in [-0.2, -0.15) is 0 Å². The van der Waals surface area contributed by atoms with E-state index in [0.717, 1.165) is 11.0 Å². The molecule has 3 aromatic rings. The second-order valence-corrected chi connectivity index (χ2v) is 5.78. The van der Waals surface area contributed by atoms with Crippen LogP contribution in [0, 0.1) is 5.41 Å². The number of ether oxygens (including phenoxy) is 2. The lowest BCUT2D eigenvalue weighted by molar-refractivity contribution is 0.0906. The summed E-state index contributed by atoms with van der Waals surface area (Å²) in [5.74, 6) is 1.22. The fourth-order valence-electron chi connectivity index (χ4n) is 2.99. The van der Waals surface area contributed by atoms with Crippen LogP contribution in [0.3, 0.4) is 0 Å². The fraction of sp³-hybridized carbons (Fsp3) is 0.316.